The van der Waals surface area contributed by atoms with Gasteiger partial charge in [-0.3, -0.25) is 24.5 Å². The number of phenolic OH excluding ortho intramolecular Hbond substituents is 1. The highest BCUT2D eigenvalue weighted by molar-refractivity contribution is 9.10. The van der Waals surface area contributed by atoms with Gasteiger partial charge in [-0.05, 0) is 52.6 Å². The Labute approximate surface area is 252 Å². The van der Waals surface area contributed by atoms with Gasteiger partial charge in [0.15, 0.2) is 0 Å². The van der Waals surface area contributed by atoms with Crippen molar-refractivity contribution in [1.29, 1.82) is 0 Å². The number of rotatable bonds is 5. The van der Waals surface area contributed by atoms with E-state index in [1.807, 2.05) is 48.5 Å². The molecule has 2 N–H and O–H groups in total. The summed E-state index contributed by atoms with van der Waals surface area (Å²) >= 11 is 3.30. The van der Waals surface area contributed by atoms with Crippen molar-refractivity contribution in [3.8, 4) is 5.75 Å². The average molecular weight is 637 g/mol. The fraction of sp³-hybridized carbons (Fsp3) is 0.125. The van der Waals surface area contributed by atoms with Gasteiger partial charge in [-0.2, -0.15) is 5.10 Å². The van der Waals surface area contributed by atoms with Crippen molar-refractivity contribution in [1.82, 2.24) is 5.43 Å². The van der Waals surface area contributed by atoms with Gasteiger partial charge in [0, 0.05) is 28.7 Å². The number of nitrogens with zero attached hydrogens (tertiary/aromatic N) is 3. The van der Waals surface area contributed by atoms with Gasteiger partial charge in [0.25, 0.3) is 11.6 Å². The fourth-order valence-electron chi connectivity index (χ4n) is 6.97. The van der Waals surface area contributed by atoms with Gasteiger partial charge in [0.05, 0.1) is 33.4 Å². The normalized spacial score (nSPS) is 23.2. The van der Waals surface area contributed by atoms with E-state index in [1.165, 1.54) is 42.6 Å². The summed E-state index contributed by atoms with van der Waals surface area (Å²) in [4.78, 5) is 53.4. The van der Waals surface area contributed by atoms with E-state index in [2.05, 4.69) is 26.5 Å². The third-order valence-electron chi connectivity index (χ3n) is 8.64. The van der Waals surface area contributed by atoms with Gasteiger partial charge in [0.1, 0.15) is 5.75 Å². The second-order valence-corrected chi connectivity index (χ2v) is 11.6. The molecule has 2 atom stereocenters. The molecule has 1 fully saturated rings. The number of carbonyl (C=O) groups excluding carboxylic acids is 3. The number of hydrogen-bond donors (Lipinski definition) is 2. The molecule has 0 saturated carbocycles. The summed E-state index contributed by atoms with van der Waals surface area (Å²) in [5, 5.41) is 25.8. The minimum atomic E-state index is -1.22. The van der Waals surface area contributed by atoms with Crippen molar-refractivity contribution in [2.75, 3.05) is 4.90 Å². The SMILES string of the molecule is O=C(N/N=C/C12c3ccccc3C(c3ccccc31)C1C(=O)N(c3ccc([N+](=O)[O-])cc3)C(=O)C12)c1cc(Br)ccc1O. The number of phenols is 1. The lowest BCUT2D eigenvalue weighted by molar-refractivity contribution is -0.384. The van der Waals surface area contributed by atoms with Gasteiger partial charge in [-0.15, -0.1) is 0 Å². The van der Waals surface area contributed by atoms with E-state index in [-0.39, 0.29) is 22.7 Å². The van der Waals surface area contributed by atoms with Crippen LogP contribution in [0.25, 0.3) is 0 Å². The predicted octanol–water partition coefficient (Wildman–Crippen LogP) is 5.03. The second kappa shape index (κ2) is 9.70. The maximum absolute atomic E-state index is 14.4. The highest BCUT2D eigenvalue weighted by Gasteiger charge is 2.68. The Balaban J connectivity index is 1.38. The van der Waals surface area contributed by atoms with E-state index in [4.69, 9.17) is 0 Å². The molecule has 3 aliphatic carbocycles. The number of hydrazone groups is 1. The van der Waals surface area contributed by atoms with Crippen LogP contribution in [0.5, 0.6) is 5.75 Å². The first-order valence-electron chi connectivity index (χ1n) is 13.4. The molecule has 3 amide bonds. The summed E-state index contributed by atoms with van der Waals surface area (Å²) in [6.45, 7) is 0. The molecule has 0 radical (unpaired) electrons. The molecule has 0 aromatic heterocycles. The van der Waals surface area contributed by atoms with Crippen molar-refractivity contribution < 1.29 is 24.4 Å². The molecule has 1 saturated heterocycles. The minimum absolute atomic E-state index is 0.00604. The molecule has 8 rings (SSSR count). The second-order valence-electron chi connectivity index (χ2n) is 10.7. The molecule has 212 valence electrons. The lowest BCUT2D eigenvalue weighted by Crippen LogP contribution is -2.54. The zero-order chi connectivity index (χ0) is 30.0. The molecule has 10 nitrogen and oxygen atoms in total. The van der Waals surface area contributed by atoms with E-state index in [0.29, 0.717) is 4.47 Å². The van der Waals surface area contributed by atoms with E-state index in [0.717, 1.165) is 27.2 Å². The molecule has 43 heavy (non-hydrogen) atoms. The van der Waals surface area contributed by atoms with Crippen LogP contribution in [-0.4, -0.2) is 34.0 Å². The predicted molar refractivity (Wildman–Crippen MR) is 160 cm³/mol. The zero-order valence-electron chi connectivity index (χ0n) is 22.2. The maximum Gasteiger partial charge on any atom is 0.275 e. The van der Waals surface area contributed by atoms with Crippen molar-refractivity contribution in [2.45, 2.75) is 11.3 Å². The Morgan fingerprint density at radius 1 is 0.953 bits per heavy atom. The smallest absolute Gasteiger partial charge is 0.275 e. The number of non-ortho nitro benzene ring substituents is 1. The number of aromatic hydroxyl groups is 1. The monoisotopic (exact) mass is 636 g/mol. The van der Waals surface area contributed by atoms with E-state index in [1.54, 1.807) is 6.07 Å². The van der Waals surface area contributed by atoms with Crippen LogP contribution in [0.2, 0.25) is 0 Å². The Hall–Kier alpha value is -5.16. The Kier molecular flexibility index (Phi) is 6.03. The fourth-order valence-corrected chi connectivity index (χ4v) is 7.33. The first-order valence-corrected chi connectivity index (χ1v) is 14.2. The summed E-state index contributed by atoms with van der Waals surface area (Å²) in [6.07, 6.45) is 1.52. The van der Waals surface area contributed by atoms with Crippen LogP contribution in [0.1, 0.15) is 38.5 Å². The molecule has 4 aliphatic rings. The molecule has 0 spiro atoms. The summed E-state index contributed by atoms with van der Waals surface area (Å²) in [7, 11) is 0. The standard InChI is InChI=1S/C32H21BrN4O6/c33-17-9-14-25(38)22(15-17)29(39)35-34-16-32-23-7-3-1-5-20(23)26(21-6-2-4-8-24(21)32)27-28(32)31(41)36(30(27)40)18-10-12-19(13-11-18)37(42)43/h1-16,26-28,38H,(H,35,39)/b34-16+. The number of hydrogen-bond acceptors (Lipinski definition) is 7. The molecule has 11 heteroatoms. The number of halogens is 1. The lowest BCUT2D eigenvalue weighted by Gasteiger charge is -2.52. The van der Waals surface area contributed by atoms with Gasteiger partial charge in [-0.1, -0.05) is 64.5 Å². The summed E-state index contributed by atoms with van der Waals surface area (Å²) < 4.78 is 0.593. The maximum atomic E-state index is 14.4. The minimum Gasteiger partial charge on any atom is -0.507 e. The van der Waals surface area contributed by atoms with E-state index in [9.17, 15) is 29.6 Å². The summed E-state index contributed by atoms with van der Waals surface area (Å²) in [5.41, 5.74) is 4.74. The third kappa shape index (κ3) is 3.77. The van der Waals surface area contributed by atoms with Crippen LogP contribution in [0.15, 0.2) is 101 Å². The van der Waals surface area contributed by atoms with Crippen molar-refractivity contribution >= 4 is 51.2 Å². The number of amides is 3. The summed E-state index contributed by atoms with van der Waals surface area (Å²) in [6, 6.07) is 25.0. The number of benzene rings is 4. The number of carbonyl (C=O) groups is 3. The molecule has 1 aliphatic heterocycles. The van der Waals surface area contributed by atoms with Crippen LogP contribution >= 0.6 is 15.9 Å². The van der Waals surface area contributed by atoms with Crippen molar-refractivity contribution in [3.63, 3.8) is 0 Å². The van der Waals surface area contributed by atoms with Gasteiger partial charge < -0.3 is 5.11 Å². The molecule has 4 aromatic carbocycles. The van der Waals surface area contributed by atoms with Crippen molar-refractivity contribution in [2.24, 2.45) is 16.9 Å². The molecular weight excluding hydrogens is 616 g/mol. The Morgan fingerprint density at radius 3 is 2.21 bits per heavy atom. The number of nitro benzene ring substituents is 1. The highest BCUT2D eigenvalue weighted by atomic mass is 79.9. The van der Waals surface area contributed by atoms with Crippen LogP contribution in [0.4, 0.5) is 11.4 Å². The van der Waals surface area contributed by atoms with Crippen molar-refractivity contribution in [3.05, 3.63) is 133 Å². The van der Waals surface area contributed by atoms with Crippen LogP contribution in [0, 0.1) is 22.0 Å². The topological polar surface area (TPSA) is 142 Å². The third-order valence-corrected chi connectivity index (χ3v) is 9.13. The molecular formula is C32H21BrN4O6. The number of anilines is 1. The highest BCUT2D eigenvalue weighted by Crippen LogP contribution is 2.63. The zero-order valence-corrected chi connectivity index (χ0v) is 23.8. The number of nitrogens with one attached hydrogen (secondary N) is 1. The lowest BCUT2D eigenvalue weighted by atomic mass is 9.47. The number of nitro groups is 1. The quantitative estimate of drug-likeness (QED) is 0.136. The molecule has 4 aromatic rings. The van der Waals surface area contributed by atoms with Gasteiger partial charge >= 0.3 is 0 Å². The largest absolute Gasteiger partial charge is 0.507 e. The van der Waals surface area contributed by atoms with Crippen LogP contribution < -0.4 is 10.3 Å². The first kappa shape index (κ1) is 26.7. The molecule has 2 bridgehead atoms. The Bertz CT molecular complexity index is 1860. The summed E-state index contributed by atoms with van der Waals surface area (Å²) in [5.74, 6) is -3.82. The van der Waals surface area contributed by atoms with Gasteiger partial charge in [-0.25, -0.2) is 10.3 Å². The average Bonchev–Trinajstić information content (AvgIpc) is 3.29. The molecule has 1 heterocycles. The molecule has 2 unspecified atom stereocenters. The van der Waals surface area contributed by atoms with Gasteiger partial charge in [0.2, 0.25) is 11.8 Å². The van der Waals surface area contributed by atoms with Crippen LogP contribution in [-0.2, 0) is 15.0 Å². The van der Waals surface area contributed by atoms with Crippen LogP contribution in [0.3, 0.4) is 0 Å². The van der Waals surface area contributed by atoms with E-state index >= 15 is 0 Å². The first-order chi connectivity index (χ1) is 20.7. The number of imide groups is 1. The Morgan fingerprint density at radius 2 is 1.58 bits per heavy atom. The van der Waals surface area contributed by atoms with E-state index < -0.39 is 45.8 Å².